The molecule has 96 valence electrons. The van der Waals surface area contributed by atoms with Crippen molar-refractivity contribution >= 4 is 11.9 Å². The summed E-state index contributed by atoms with van der Waals surface area (Å²) in [6.45, 7) is 0.453. The summed E-state index contributed by atoms with van der Waals surface area (Å²) in [6.07, 6.45) is 6.92. The number of hydrogen-bond donors (Lipinski definition) is 1. The van der Waals surface area contributed by atoms with Crippen LogP contribution in [0, 0.1) is 11.3 Å². The van der Waals surface area contributed by atoms with Crippen molar-refractivity contribution in [3.8, 4) is 0 Å². The second-order valence-corrected chi connectivity index (χ2v) is 5.32. The molecule has 4 heteroatoms. The fraction of sp³-hybridized carbons (Fsp3) is 0.846. The molecule has 0 radical (unpaired) electrons. The van der Waals surface area contributed by atoms with E-state index in [9.17, 15) is 9.59 Å². The number of ether oxygens (including phenoxy) is 1. The van der Waals surface area contributed by atoms with Crippen LogP contribution < -0.4 is 5.32 Å². The summed E-state index contributed by atoms with van der Waals surface area (Å²) in [4.78, 5) is 23.6. The number of carbonyl (C=O) groups excluding carboxylic acids is 2. The van der Waals surface area contributed by atoms with Crippen LogP contribution in [-0.2, 0) is 14.3 Å². The van der Waals surface area contributed by atoms with Crippen molar-refractivity contribution in [2.24, 2.45) is 11.3 Å². The van der Waals surface area contributed by atoms with Crippen molar-refractivity contribution in [2.45, 2.75) is 44.9 Å². The molecule has 4 nitrogen and oxygen atoms in total. The van der Waals surface area contributed by atoms with Gasteiger partial charge in [-0.25, -0.2) is 0 Å². The first-order valence-corrected chi connectivity index (χ1v) is 6.54. The van der Waals surface area contributed by atoms with Crippen molar-refractivity contribution in [2.75, 3.05) is 13.7 Å². The molecule has 0 heterocycles. The Bertz CT molecular complexity index is 304. The predicted molar refractivity (Wildman–Crippen MR) is 63.3 cm³/mol. The lowest BCUT2D eigenvalue weighted by Gasteiger charge is -2.29. The zero-order valence-corrected chi connectivity index (χ0v) is 10.5. The molecule has 0 saturated heterocycles. The van der Waals surface area contributed by atoms with E-state index in [-0.39, 0.29) is 17.8 Å². The normalized spacial score (nSPS) is 22.9. The molecule has 2 saturated carbocycles. The summed E-state index contributed by atoms with van der Waals surface area (Å²) >= 11 is 0. The number of carbonyl (C=O) groups is 2. The molecule has 0 aliphatic heterocycles. The Labute approximate surface area is 102 Å². The maximum atomic E-state index is 11.8. The summed E-state index contributed by atoms with van der Waals surface area (Å²) in [6, 6.07) is 0. The summed E-state index contributed by atoms with van der Waals surface area (Å²) in [5, 5.41) is 2.94. The monoisotopic (exact) mass is 239 g/mol. The lowest BCUT2D eigenvalue weighted by atomic mass is 9.83. The minimum Gasteiger partial charge on any atom is -0.469 e. The SMILES string of the molecule is COC(=O)C1(CNC(=O)C2CCC2)CCCC1. The Morgan fingerprint density at radius 3 is 2.35 bits per heavy atom. The quantitative estimate of drug-likeness (QED) is 0.759. The molecule has 2 rings (SSSR count). The maximum absolute atomic E-state index is 11.8. The maximum Gasteiger partial charge on any atom is 0.313 e. The molecule has 1 amide bonds. The first-order chi connectivity index (χ1) is 8.18. The van der Waals surface area contributed by atoms with Crippen LogP contribution in [0.1, 0.15) is 44.9 Å². The van der Waals surface area contributed by atoms with E-state index in [2.05, 4.69) is 5.32 Å². The summed E-state index contributed by atoms with van der Waals surface area (Å²) < 4.78 is 4.88. The highest BCUT2D eigenvalue weighted by molar-refractivity contribution is 5.82. The second-order valence-electron chi connectivity index (χ2n) is 5.32. The summed E-state index contributed by atoms with van der Waals surface area (Å²) in [5.74, 6) is 0.140. The van der Waals surface area contributed by atoms with Gasteiger partial charge in [-0.2, -0.15) is 0 Å². The molecule has 2 fully saturated rings. The van der Waals surface area contributed by atoms with Gasteiger partial charge >= 0.3 is 5.97 Å². The molecule has 0 bridgehead atoms. The van der Waals surface area contributed by atoms with Crippen molar-refractivity contribution in [3.63, 3.8) is 0 Å². The van der Waals surface area contributed by atoms with E-state index in [4.69, 9.17) is 4.74 Å². The molecule has 1 N–H and O–H groups in total. The molecule has 0 atom stereocenters. The Morgan fingerprint density at radius 2 is 1.88 bits per heavy atom. The largest absolute Gasteiger partial charge is 0.469 e. The van der Waals surface area contributed by atoms with Crippen LogP contribution in [0.5, 0.6) is 0 Å². The van der Waals surface area contributed by atoms with E-state index in [0.717, 1.165) is 44.9 Å². The predicted octanol–water partition coefficient (Wildman–Crippen LogP) is 1.64. The molecule has 0 aromatic carbocycles. The van der Waals surface area contributed by atoms with Crippen LogP contribution in [0.2, 0.25) is 0 Å². The van der Waals surface area contributed by atoms with Gasteiger partial charge in [0, 0.05) is 12.5 Å². The molecule has 0 unspecified atom stereocenters. The standard InChI is InChI=1S/C13H21NO3/c1-17-12(16)13(7-2-3-8-13)9-14-11(15)10-5-4-6-10/h10H,2-9H2,1H3,(H,14,15). The summed E-state index contributed by atoms with van der Waals surface area (Å²) in [5.41, 5.74) is -0.450. The van der Waals surface area contributed by atoms with E-state index < -0.39 is 5.41 Å². The van der Waals surface area contributed by atoms with Crippen molar-refractivity contribution in [1.29, 1.82) is 0 Å². The topological polar surface area (TPSA) is 55.4 Å². The zero-order valence-electron chi connectivity index (χ0n) is 10.5. The van der Waals surface area contributed by atoms with Gasteiger partial charge in [-0.05, 0) is 25.7 Å². The Morgan fingerprint density at radius 1 is 1.24 bits per heavy atom. The van der Waals surface area contributed by atoms with Gasteiger partial charge in [0.15, 0.2) is 0 Å². The third kappa shape index (κ3) is 2.45. The van der Waals surface area contributed by atoms with Gasteiger partial charge in [0.2, 0.25) is 5.91 Å². The van der Waals surface area contributed by atoms with Crippen LogP contribution in [0.15, 0.2) is 0 Å². The van der Waals surface area contributed by atoms with Crippen molar-refractivity contribution < 1.29 is 14.3 Å². The molecular weight excluding hydrogens is 218 g/mol. The first-order valence-electron chi connectivity index (χ1n) is 6.54. The van der Waals surface area contributed by atoms with Gasteiger partial charge in [0.25, 0.3) is 0 Å². The first kappa shape index (κ1) is 12.4. The van der Waals surface area contributed by atoms with Crippen LogP contribution in [0.25, 0.3) is 0 Å². The van der Waals surface area contributed by atoms with E-state index in [1.54, 1.807) is 0 Å². The minimum atomic E-state index is -0.450. The van der Waals surface area contributed by atoms with Gasteiger partial charge in [-0.3, -0.25) is 9.59 Å². The third-order valence-corrected chi connectivity index (χ3v) is 4.26. The lowest BCUT2D eigenvalue weighted by molar-refractivity contribution is -0.152. The fourth-order valence-corrected chi connectivity index (χ4v) is 2.79. The minimum absolute atomic E-state index is 0.117. The lowest BCUT2D eigenvalue weighted by Crippen LogP contribution is -2.44. The molecule has 2 aliphatic rings. The number of rotatable bonds is 4. The van der Waals surface area contributed by atoms with Gasteiger partial charge in [-0.1, -0.05) is 19.3 Å². The van der Waals surface area contributed by atoms with Gasteiger partial charge in [0.05, 0.1) is 12.5 Å². The average molecular weight is 239 g/mol. The number of esters is 1. The van der Waals surface area contributed by atoms with Crippen LogP contribution in [0.4, 0.5) is 0 Å². The molecule has 0 spiro atoms. The van der Waals surface area contributed by atoms with Gasteiger partial charge in [-0.15, -0.1) is 0 Å². The Balaban J connectivity index is 1.89. The van der Waals surface area contributed by atoms with E-state index in [1.807, 2.05) is 0 Å². The van der Waals surface area contributed by atoms with E-state index >= 15 is 0 Å². The second kappa shape index (κ2) is 5.07. The van der Waals surface area contributed by atoms with Gasteiger partial charge in [0.1, 0.15) is 0 Å². The van der Waals surface area contributed by atoms with Gasteiger partial charge < -0.3 is 10.1 Å². The van der Waals surface area contributed by atoms with E-state index in [1.165, 1.54) is 7.11 Å². The molecular formula is C13H21NO3. The highest BCUT2D eigenvalue weighted by Gasteiger charge is 2.42. The fourth-order valence-electron chi connectivity index (χ4n) is 2.79. The van der Waals surface area contributed by atoms with Crippen LogP contribution in [-0.4, -0.2) is 25.5 Å². The molecule has 0 aromatic heterocycles. The third-order valence-electron chi connectivity index (χ3n) is 4.26. The van der Waals surface area contributed by atoms with Crippen molar-refractivity contribution in [1.82, 2.24) is 5.32 Å². The number of amides is 1. The molecule has 17 heavy (non-hydrogen) atoms. The number of hydrogen-bond acceptors (Lipinski definition) is 3. The Hall–Kier alpha value is -1.06. The highest BCUT2D eigenvalue weighted by Crippen LogP contribution is 2.38. The highest BCUT2D eigenvalue weighted by atomic mass is 16.5. The Kier molecular flexibility index (Phi) is 3.69. The number of methoxy groups -OCH3 is 1. The summed E-state index contributed by atoms with van der Waals surface area (Å²) in [7, 11) is 1.43. The smallest absolute Gasteiger partial charge is 0.313 e. The van der Waals surface area contributed by atoms with Crippen LogP contribution in [0.3, 0.4) is 0 Å². The van der Waals surface area contributed by atoms with Crippen LogP contribution >= 0.6 is 0 Å². The number of nitrogens with one attached hydrogen (secondary N) is 1. The zero-order chi connectivity index (χ0) is 12.3. The van der Waals surface area contributed by atoms with Crippen molar-refractivity contribution in [3.05, 3.63) is 0 Å². The average Bonchev–Trinajstić information content (AvgIpc) is 2.73. The molecule has 0 aromatic rings. The van der Waals surface area contributed by atoms with E-state index in [0.29, 0.717) is 6.54 Å². The molecule has 2 aliphatic carbocycles.